The summed E-state index contributed by atoms with van der Waals surface area (Å²) in [5.74, 6) is 1.13. The minimum Gasteiger partial charge on any atom is -0.457 e. The van der Waals surface area contributed by atoms with Crippen LogP contribution in [0.2, 0.25) is 0 Å². The van der Waals surface area contributed by atoms with E-state index < -0.39 is 0 Å². The van der Waals surface area contributed by atoms with Crippen molar-refractivity contribution in [1.29, 1.82) is 5.26 Å². The van der Waals surface area contributed by atoms with Crippen LogP contribution in [0.25, 0.3) is 61.5 Å². The molecule has 0 saturated heterocycles. The van der Waals surface area contributed by atoms with Crippen molar-refractivity contribution in [3.63, 3.8) is 0 Å². The SMILES string of the molecule is [C-]#[N+]/C(C#N)=C1C=C(/C=C/c2ccc3c(c2)CCCN3c2ccc3c(c2)C(C)(C)c2cc(C)ccc2-3)OC(/C=C/c2ccc3c(c2)CCCN3c2ccc3c(c2)C(C)(C)c2cc(-c4ccc5c(c4)C(C)(C)c4cc(C)ccc4-5)ccc2-3)=C/1. The lowest BCUT2D eigenvalue weighted by molar-refractivity contribution is 0.332. The summed E-state index contributed by atoms with van der Waals surface area (Å²) in [4.78, 5) is 8.55. The molecule has 0 bridgehead atoms. The molecule has 82 heavy (non-hydrogen) atoms. The van der Waals surface area contributed by atoms with E-state index in [0.29, 0.717) is 17.1 Å². The minimum atomic E-state index is -0.175. The molecule has 3 aliphatic heterocycles. The second-order valence-corrected chi connectivity index (χ2v) is 25.1. The molecule has 0 radical (unpaired) electrons. The predicted octanol–water partition coefficient (Wildman–Crippen LogP) is 19.3. The molecule has 14 rings (SSSR count). The molecule has 3 aliphatic carbocycles. The lowest BCUT2D eigenvalue weighted by Gasteiger charge is -2.33. The molecule has 0 saturated carbocycles. The zero-order valence-electron chi connectivity index (χ0n) is 48.3. The van der Waals surface area contributed by atoms with Gasteiger partial charge >= 0.3 is 0 Å². The van der Waals surface area contributed by atoms with Gasteiger partial charge in [-0.3, -0.25) is 0 Å². The second-order valence-electron chi connectivity index (χ2n) is 25.1. The third-order valence-electron chi connectivity index (χ3n) is 18.9. The van der Waals surface area contributed by atoms with Crippen LogP contribution in [-0.4, -0.2) is 13.1 Å². The van der Waals surface area contributed by atoms with Crippen LogP contribution in [0.3, 0.4) is 0 Å². The fourth-order valence-electron chi connectivity index (χ4n) is 14.4. The summed E-state index contributed by atoms with van der Waals surface area (Å²) < 4.78 is 6.49. The molecule has 3 heterocycles. The lowest BCUT2D eigenvalue weighted by Crippen LogP contribution is -2.25. The summed E-state index contributed by atoms with van der Waals surface area (Å²) in [5, 5.41) is 9.98. The van der Waals surface area contributed by atoms with Gasteiger partial charge in [0.2, 0.25) is 0 Å². The molecule has 5 nitrogen and oxygen atoms in total. The number of allylic oxidation sites excluding steroid dienone is 6. The molecular formula is C77H66N4O. The van der Waals surface area contributed by atoms with E-state index >= 15 is 0 Å². The Morgan fingerprint density at radius 1 is 0.488 bits per heavy atom. The van der Waals surface area contributed by atoms with Crippen molar-refractivity contribution in [1.82, 2.24) is 0 Å². The van der Waals surface area contributed by atoms with E-state index in [2.05, 4.69) is 234 Å². The molecule has 0 aromatic heterocycles. The Balaban J connectivity index is 0.681. The highest BCUT2D eigenvalue weighted by Gasteiger charge is 2.39. The highest BCUT2D eigenvalue weighted by atomic mass is 16.5. The number of hydrogen-bond donors (Lipinski definition) is 0. The topological polar surface area (TPSA) is 43.9 Å². The summed E-state index contributed by atoms with van der Waals surface area (Å²) in [6.45, 7) is 28.3. The van der Waals surface area contributed by atoms with E-state index in [0.717, 1.165) is 49.9 Å². The third-order valence-corrected chi connectivity index (χ3v) is 18.9. The molecule has 0 spiro atoms. The minimum absolute atomic E-state index is 0.0290. The van der Waals surface area contributed by atoms with Gasteiger partial charge in [-0.1, -0.05) is 150 Å². The normalized spacial score (nSPS) is 17.7. The Hall–Kier alpha value is -9.16. The molecular weight excluding hydrogens is 997 g/mol. The predicted molar refractivity (Wildman–Crippen MR) is 339 cm³/mol. The van der Waals surface area contributed by atoms with Crippen molar-refractivity contribution in [3.8, 4) is 50.6 Å². The van der Waals surface area contributed by atoms with Crippen molar-refractivity contribution >= 4 is 34.9 Å². The number of aryl methyl sites for hydroxylation is 4. The number of ether oxygens (including phenoxy) is 1. The van der Waals surface area contributed by atoms with Gasteiger partial charge < -0.3 is 14.5 Å². The van der Waals surface area contributed by atoms with Crippen molar-refractivity contribution in [3.05, 3.63) is 271 Å². The lowest BCUT2D eigenvalue weighted by atomic mass is 9.80. The highest BCUT2D eigenvalue weighted by Crippen LogP contribution is 2.54. The average Bonchev–Trinajstić information content (AvgIpc) is 4.07. The van der Waals surface area contributed by atoms with Crippen LogP contribution < -0.4 is 9.80 Å². The molecule has 8 aromatic rings. The van der Waals surface area contributed by atoms with Crippen molar-refractivity contribution in [2.45, 2.75) is 97.3 Å². The van der Waals surface area contributed by atoms with Gasteiger partial charge in [-0.15, -0.1) is 0 Å². The molecule has 6 aliphatic rings. The number of anilines is 4. The summed E-state index contributed by atoms with van der Waals surface area (Å²) in [6.07, 6.45) is 15.7. The van der Waals surface area contributed by atoms with Crippen LogP contribution >= 0.6 is 0 Å². The van der Waals surface area contributed by atoms with Gasteiger partial charge in [-0.25, -0.2) is 10.1 Å². The molecule has 5 heteroatoms. The van der Waals surface area contributed by atoms with Crippen molar-refractivity contribution in [2.75, 3.05) is 22.9 Å². The number of nitriles is 1. The summed E-state index contributed by atoms with van der Waals surface area (Å²) in [7, 11) is 0. The van der Waals surface area contributed by atoms with Gasteiger partial charge in [0.25, 0.3) is 5.70 Å². The first kappa shape index (κ1) is 51.0. The standard InChI is InChI=1S/C77H66N4O/c1-47-14-26-60-62-28-20-51(42-68(62)75(3,4)66(60)36-47)52-21-29-63-65-31-23-57(45-71(65)77(7,8)69(63)43-52)81-35-11-13-54-39-50(19-33-74(54)81)17-25-59-41-55(72(46-78)79-9)40-58(82-59)24-16-49-18-32-73-53(38-49)12-10-34-80(73)56-22-30-64-61-27-15-48(2)37-67(61)76(5,6)70(64)44-56/h14-33,36-45H,10-13,34-35H2,1-8H3/b24-16+,25-17+,72-55-. The van der Waals surface area contributed by atoms with E-state index in [1.54, 1.807) is 12.2 Å². The van der Waals surface area contributed by atoms with E-state index in [-0.39, 0.29) is 21.9 Å². The molecule has 0 fully saturated rings. The Bertz CT molecular complexity index is 4330. The van der Waals surface area contributed by atoms with Crippen molar-refractivity contribution < 1.29 is 4.74 Å². The second kappa shape index (κ2) is 19.0. The van der Waals surface area contributed by atoms with E-state index in [9.17, 15) is 5.26 Å². The van der Waals surface area contributed by atoms with E-state index in [1.807, 2.05) is 12.2 Å². The summed E-state index contributed by atoms with van der Waals surface area (Å²) >= 11 is 0. The Labute approximate surface area is 484 Å². The molecule has 0 amide bonds. The maximum absolute atomic E-state index is 9.98. The zero-order valence-corrected chi connectivity index (χ0v) is 48.3. The highest BCUT2D eigenvalue weighted by molar-refractivity contribution is 5.89. The summed E-state index contributed by atoms with van der Waals surface area (Å²) in [6, 6.07) is 57.7. The van der Waals surface area contributed by atoms with Crippen LogP contribution in [0, 0.1) is 31.8 Å². The van der Waals surface area contributed by atoms with Gasteiger partial charge in [0.1, 0.15) is 11.5 Å². The van der Waals surface area contributed by atoms with E-state index in [1.165, 1.54) is 123 Å². The van der Waals surface area contributed by atoms with Crippen LogP contribution in [0.4, 0.5) is 22.7 Å². The average molecular weight is 1060 g/mol. The largest absolute Gasteiger partial charge is 0.457 e. The number of fused-ring (bicyclic) bond motifs is 11. The molecule has 400 valence electrons. The maximum atomic E-state index is 9.98. The number of hydrogen-bond acceptors (Lipinski definition) is 4. The monoisotopic (exact) mass is 1060 g/mol. The third kappa shape index (κ3) is 8.23. The fraction of sp³-hybridized carbons (Fsp3) is 0.221. The number of rotatable bonds is 7. The number of nitrogens with zero attached hydrogens (tertiary/aromatic N) is 4. The number of benzene rings is 8. The first-order valence-electron chi connectivity index (χ1n) is 29.2. The van der Waals surface area contributed by atoms with Gasteiger partial charge in [0.05, 0.1) is 12.6 Å². The van der Waals surface area contributed by atoms with Gasteiger partial charge in [0.15, 0.2) is 0 Å². The molecule has 0 N–H and O–H groups in total. The molecule has 0 unspecified atom stereocenters. The first-order chi connectivity index (χ1) is 39.6. The van der Waals surface area contributed by atoms with Crippen LogP contribution in [0.1, 0.15) is 121 Å². The maximum Gasteiger partial charge on any atom is 0.269 e. The van der Waals surface area contributed by atoms with Crippen LogP contribution in [0.15, 0.2) is 193 Å². The first-order valence-corrected chi connectivity index (χ1v) is 29.2. The summed E-state index contributed by atoms with van der Waals surface area (Å²) in [5.41, 5.74) is 31.5. The molecule has 8 aromatic carbocycles. The van der Waals surface area contributed by atoms with Gasteiger partial charge in [0, 0.05) is 52.1 Å². The quantitative estimate of drug-likeness (QED) is 0.118. The Kier molecular flexibility index (Phi) is 11.8. The van der Waals surface area contributed by atoms with E-state index in [4.69, 9.17) is 11.3 Å². The Morgan fingerprint density at radius 2 is 0.878 bits per heavy atom. The zero-order chi connectivity index (χ0) is 56.4. The fourth-order valence-corrected chi connectivity index (χ4v) is 14.4. The Morgan fingerprint density at radius 3 is 1.29 bits per heavy atom. The smallest absolute Gasteiger partial charge is 0.269 e. The van der Waals surface area contributed by atoms with Crippen LogP contribution in [0.5, 0.6) is 0 Å². The van der Waals surface area contributed by atoms with Crippen LogP contribution in [-0.2, 0) is 33.8 Å². The van der Waals surface area contributed by atoms with Gasteiger partial charge in [-0.2, -0.15) is 0 Å². The van der Waals surface area contributed by atoms with Gasteiger partial charge in [-0.05, 0) is 230 Å². The van der Waals surface area contributed by atoms with Crippen molar-refractivity contribution in [2.24, 2.45) is 0 Å². The molecule has 0 atom stereocenters.